The van der Waals surface area contributed by atoms with Gasteiger partial charge in [0.1, 0.15) is 12.2 Å². The monoisotopic (exact) mass is 359 g/mol. The van der Waals surface area contributed by atoms with E-state index < -0.39 is 0 Å². The van der Waals surface area contributed by atoms with Crippen molar-refractivity contribution in [3.05, 3.63) is 47.8 Å². The first-order valence-electron chi connectivity index (χ1n) is 8.59. The summed E-state index contributed by atoms with van der Waals surface area (Å²) in [6.45, 7) is 2.79. The normalized spacial score (nSPS) is 23.0. The SMILES string of the molecule is CO[C@H]1[C@H](N(C)C(=O)c2cc(C)n(-c3ccccc3)n2)COC[C@H]1OC. The summed E-state index contributed by atoms with van der Waals surface area (Å²) < 4.78 is 18.4. The van der Waals surface area contributed by atoms with Gasteiger partial charge in [-0.2, -0.15) is 5.10 Å². The first-order valence-corrected chi connectivity index (χ1v) is 8.59. The standard InChI is InChI=1S/C19H25N3O4/c1-13-10-15(20-22(13)14-8-6-5-7-9-14)19(23)21(2)16-11-26-12-17(24-3)18(16)25-4/h5-10,16-18H,11-12H2,1-4H3/t16-,17-,18+/m1/s1. The van der Waals surface area contributed by atoms with Crippen molar-refractivity contribution in [1.82, 2.24) is 14.7 Å². The van der Waals surface area contributed by atoms with Gasteiger partial charge in [-0.15, -0.1) is 0 Å². The zero-order valence-electron chi connectivity index (χ0n) is 15.6. The minimum atomic E-state index is -0.250. The Kier molecular flexibility index (Phi) is 5.70. The molecule has 0 saturated carbocycles. The third-order valence-electron chi connectivity index (χ3n) is 4.82. The largest absolute Gasteiger partial charge is 0.376 e. The summed E-state index contributed by atoms with van der Waals surface area (Å²) in [6, 6.07) is 11.3. The summed E-state index contributed by atoms with van der Waals surface area (Å²) >= 11 is 0. The minimum Gasteiger partial charge on any atom is -0.376 e. The van der Waals surface area contributed by atoms with Gasteiger partial charge in [-0.3, -0.25) is 4.79 Å². The molecule has 26 heavy (non-hydrogen) atoms. The van der Waals surface area contributed by atoms with Gasteiger partial charge in [0.15, 0.2) is 5.69 Å². The van der Waals surface area contributed by atoms with Gasteiger partial charge in [-0.25, -0.2) is 4.68 Å². The van der Waals surface area contributed by atoms with Crippen LogP contribution in [0.3, 0.4) is 0 Å². The zero-order chi connectivity index (χ0) is 18.7. The smallest absolute Gasteiger partial charge is 0.274 e. The van der Waals surface area contributed by atoms with Crippen LogP contribution in [-0.4, -0.2) is 73.3 Å². The molecule has 1 fully saturated rings. The Labute approximate surface area is 153 Å². The maximum atomic E-state index is 13.0. The van der Waals surface area contributed by atoms with Gasteiger partial charge in [0.25, 0.3) is 5.91 Å². The summed E-state index contributed by atoms with van der Waals surface area (Å²) in [5.74, 6) is -0.171. The molecule has 1 aromatic carbocycles. The quantitative estimate of drug-likeness (QED) is 0.813. The third kappa shape index (κ3) is 3.51. The molecule has 1 saturated heterocycles. The molecule has 1 amide bonds. The predicted molar refractivity (Wildman–Crippen MR) is 96.6 cm³/mol. The van der Waals surface area contributed by atoms with Gasteiger partial charge in [-0.05, 0) is 25.1 Å². The molecular formula is C19H25N3O4. The molecule has 2 aromatic rings. The number of carbonyl (C=O) groups is 1. The molecule has 1 aliphatic heterocycles. The van der Waals surface area contributed by atoms with Crippen molar-refractivity contribution in [3.63, 3.8) is 0 Å². The second kappa shape index (κ2) is 7.99. The molecule has 3 atom stereocenters. The number of aromatic nitrogens is 2. The number of amides is 1. The lowest BCUT2D eigenvalue weighted by Gasteiger charge is -2.40. The molecule has 3 rings (SSSR count). The molecule has 7 nitrogen and oxygen atoms in total. The van der Waals surface area contributed by atoms with E-state index in [2.05, 4.69) is 5.10 Å². The van der Waals surface area contributed by atoms with Gasteiger partial charge >= 0.3 is 0 Å². The fourth-order valence-corrected chi connectivity index (χ4v) is 3.33. The topological polar surface area (TPSA) is 65.8 Å². The van der Waals surface area contributed by atoms with E-state index in [4.69, 9.17) is 14.2 Å². The number of ether oxygens (including phenoxy) is 3. The fourth-order valence-electron chi connectivity index (χ4n) is 3.33. The molecule has 1 aliphatic rings. The maximum absolute atomic E-state index is 13.0. The van der Waals surface area contributed by atoms with Crippen LogP contribution < -0.4 is 0 Å². The van der Waals surface area contributed by atoms with Gasteiger partial charge in [0, 0.05) is 27.0 Å². The van der Waals surface area contributed by atoms with Crippen LogP contribution in [0.1, 0.15) is 16.2 Å². The van der Waals surface area contributed by atoms with E-state index in [1.54, 1.807) is 36.9 Å². The molecule has 140 valence electrons. The highest BCUT2D eigenvalue weighted by atomic mass is 16.6. The Morgan fingerprint density at radius 2 is 1.96 bits per heavy atom. The number of hydrogen-bond donors (Lipinski definition) is 0. The fraction of sp³-hybridized carbons (Fsp3) is 0.474. The average Bonchev–Trinajstić information content (AvgIpc) is 3.08. The van der Waals surface area contributed by atoms with E-state index in [1.807, 2.05) is 37.3 Å². The summed E-state index contributed by atoms with van der Waals surface area (Å²) in [4.78, 5) is 14.6. The predicted octanol–water partition coefficient (Wildman–Crippen LogP) is 1.68. The number of hydrogen-bond acceptors (Lipinski definition) is 5. The third-order valence-corrected chi connectivity index (χ3v) is 4.82. The van der Waals surface area contributed by atoms with Gasteiger partial charge < -0.3 is 19.1 Å². The number of likely N-dealkylation sites (N-methyl/N-ethyl adjacent to an activating group) is 1. The van der Waals surface area contributed by atoms with Crippen LogP contribution in [0.5, 0.6) is 0 Å². The van der Waals surface area contributed by atoms with E-state index in [-0.39, 0.29) is 24.2 Å². The number of rotatable bonds is 5. The molecule has 0 bridgehead atoms. The summed E-state index contributed by atoms with van der Waals surface area (Å²) in [5, 5.41) is 4.50. The Hall–Kier alpha value is -2.22. The van der Waals surface area contributed by atoms with Crippen molar-refractivity contribution < 1.29 is 19.0 Å². The van der Waals surface area contributed by atoms with Crippen molar-refractivity contribution in [2.24, 2.45) is 0 Å². The summed E-state index contributed by atoms with van der Waals surface area (Å²) in [6.07, 6.45) is -0.461. The van der Waals surface area contributed by atoms with E-state index in [1.165, 1.54) is 0 Å². The van der Waals surface area contributed by atoms with E-state index in [0.29, 0.717) is 18.9 Å². The van der Waals surface area contributed by atoms with Crippen molar-refractivity contribution in [1.29, 1.82) is 0 Å². The van der Waals surface area contributed by atoms with Crippen molar-refractivity contribution in [3.8, 4) is 5.69 Å². The van der Waals surface area contributed by atoms with Crippen molar-refractivity contribution >= 4 is 5.91 Å². The van der Waals surface area contributed by atoms with Crippen LogP contribution >= 0.6 is 0 Å². The van der Waals surface area contributed by atoms with Crippen molar-refractivity contribution in [2.45, 2.75) is 25.2 Å². The first kappa shape index (κ1) is 18.6. The van der Waals surface area contributed by atoms with Gasteiger partial charge in [0.05, 0.1) is 24.9 Å². The van der Waals surface area contributed by atoms with Crippen LogP contribution in [0.2, 0.25) is 0 Å². The molecule has 0 unspecified atom stereocenters. The molecule has 0 radical (unpaired) electrons. The highest BCUT2D eigenvalue weighted by Crippen LogP contribution is 2.21. The van der Waals surface area contributed by atoms with Gasteiger partial charge in [0.2, 0.25) is 0 Å². The number of para-hydroxylation sites is 1. The molecule has 2 heterocycles. The van der Waals surface area contributed by atoms with E-state index >= 15 is 0 Å². The van der Waals surface area contributed by atoms with Crippen LogP contribution in [0.15, 0.2) is 36.4 Å². The van der Waals surface area contributed by atoms with Crippen LogP contribution in [0.25, 0.3) is 5.69 Å². The maximum Gasteiger partial charge on any atom is 0.274 e. The summed E-state index contributed by atoms with van der Waals surface area (Å²) in [7, 11) is 4.99. The second-order valence-electron chi connectivity index (χ2n) is 6.41. The minimum absolute atomic E-state index is 0.171. The molecule has 0 spiro atoms. The number of nitrogens with zero attached hydrogens (tertiary/aromatic N) is 3. The van der Waals surface area contributed by atoms with E-state index in [0.717, 1.165) is 11.4 Å². The average molecular weight is 359 g/mol. The lowest BCUT2D eigenvalue weighted by Crippen LogP contribution is -2.57. The molecule has 7 heteroatoms. The zero-order valence-corrected chi connectivity index (χ0v) is 15.6. The summed E-state index contributed by atoms with van der Waals surface area (Å²) in [5.41, 5.74) is 2.20. The van der Waals surface area contributed by atoms with Crippen LogP contribution in [0.4, 0.5) is 0 Å². The van der Waals surface area contributed by atoms with Crippen LogP contribution in [-0.2, 0) is 14.2 Å². The van der Waals surface area contributed by atoms with Gasteiger partial charge in [-0.1, -0.05) is 18.2 Å². The molecule has 1 aromatic heterocycles. The molecule has 0 aliphatic carbocycles. The van der Waals surface area contributed by atoms with Crippen molar-refractivity contribution in [2.75, 3.05) is 34.5 Å². The number of aryl methyl sites for hydroxylation is 1. The Morgan fingerprint density at radius 3 is 2.62 bits per heavy atom. The Bertz CT molecular complexity index is 746. The lowest BCUT2D eigenvalue weighted by atomic mass is 10.0. The number of carbonyl (C=O) groups excluding carboxylic acids is 1. The molecule has 0 N–H and O–H groups in total. The number of methoxy groups -OCH3 is 2. The van der Waals surface area contributed by atoms with E-state index in [9.17, 15) is 4.79 Å². The highest BCUT2D eigenvalue weighted by molar-refractivity contribution is 5.92. The molecular weight excluding hydrogens is 334 g/mol. The number of benzene rings is 1. The lowest BCUT2D eigenvalue weighted by molar-refractivity contribution is -0.147. The Morgan fingerprint density at radius 1 is 1.23 bits per heavy atom. The highest BCUT2D eigenvalue weighted by Gasteiger charge is 2.39. The second-order valence-corrected chi connectivity index (χ2v) is 6.41. The first-order chi connectivity index (χ1) is 12.6. The Balaban J connectivity index is 1.83. The van der Waals surface area contributed by atoms with Crippen LogP contribution in [0, 0.1) is 6.92 Å².